The molecule has 0 bridgehead atoms. The molecule has 3 N–H and O–H groups in total. The second-order valence-corrected chi connectivity index (χ2v) is 6.21. The van der Waals surface area contributed by atoms with Crippen LogP contribution in [-0.2, 0) is 24.5 Å². The third-order valence-corrected chi connectivity index (χ3v) is 4.48. The van der Waals surface area contributed by atoms with Gasteiger partial charge >= 0.3 is 23.9 Å². The van der Waals surface area contributed by atoms with Crippen molar-refractivity contribution in [3.8, 4) is 0 Å². The molecule has 0 amide bonds. The first-order valence-corrected chi connectivity index (χ1v) is 7.98. The van der Waals surface area contributed by atoms with Gasteiger partial charge in [-0.15, -0.1) is 0 Å². The molecule has 0 heterocycles. The number of allylic oxidation sites excluding steroid dienone is 1. The number of ether oxygens (including phenoxy) is 1. The summed E-state index contributed by atoms with van der Waals surface area (Å²) in [5, 5.41) is 28.7. The molecule has 27 heavy (non-hydrogen) atoms. The summed E-state index contributed by atoms with van der Waals surface area (Å²) in [4.78, 5) is 46.8. The van der Waals surface area contributed by atoms with Gasteiger partial charge in [0.25, 0.3) is 0 Å². The Morgan fingerprint density at radius 3 is 2.33 bits per heavy atom. The van der Waals surface area contributed by atoms with E-state index in [0.29, 0.717) is 0 Å². The molecule has 0 fully saturated rings. The number of aromatic carboxylic acids is 1. The Hall–Kier alpha value is -3.42. The van der Waals surface area contributed by atoms with E-state index < -0.39 is 29.3 Å². The Bertz CT molecular complexity index is 880. The Kier molecular flexibility index (Phi) is 5.49. The Morgan fingerprint density at radius 2 is 1.81 bits per heavy atom. The molecule has 1 aliphatic carbocycles. The predicted molar refractivity (Wildman–Crippen MR) is 93.3 cm³/mol. The standard InChI is InChI=1S/C19H18O8/c1-10(2)17(24)27-9-8-19(18(25)26)7-6-12(16(22)23)14-11(15(20)21)4-3-5-13(14)19/h3-6H,1,7-9H2,2H3,(H,20,21)(H,22,23)(H,25,26). The predicted octanol–water partition coefficient (Wildman–Crippen LogP) is 2.09. The number of carbonyl (C=O) groups excluding carboxylic acids is 1. The molecule has 8 heteroatoms. The molecule has 0 aromatic heterocycles. The molecular weight excluding hydrogens is 356 g/mol. The SMILES string of the molecule is C=C(C)C(=O)OCCC1(C(=O)O)CC=C(C(=O)O)c2c(C(=O)O)cccc21. The Labute approximate surface area is 154 Å². The summed E-state index contributed by atoms with van der Waals surface area (Å²) >= 11 is 0. The summed E-state index contributed by atoms with van der Waals surface area (Å²) in [5.74, 6) is -4.66. The van der Waals surface area contributed by atoms with Crippen molar-refractivity contribution in [2.75, 3.05) is 6.61 Å². The average Bonchev–Trinajstić information content (AvgIpc) is 2.60. The highest BCUT2D eigenvalue weighted by atomic mass is 16.5. The molecule has 0 aliphatic heterocycles. The highest BCUT2D eigenvalue weighted by Crippen LogP contribution is 2.43. The van der Waals surface area contributed by atoms with E-state index in [-0.39, 0.29) is 47.3 Å². The summed E-state index contributed by atoms with van der Waals surface area (Å²) in [7, 11) is 0. The molecule has 0 saturated carbocycles. The van der Waals surface area contributed by atoms with Crippen LogP contribution in [-0.4, -0.2) is 45.8 Å². The number of esters is 1. The minimum absolute atomic E-state index is 0.0705. The van der Waals surface area contributed by atoms with Crippen molar-refractivity contribution in [3.05, 3.63) is 53.1 Å². The summed E-state index contributed by atoms with van der Waals surface area (Å²) in [6, 6.07) is 3.98. The van der Waals surface area contributed by atoms with E-state index in [1.165, 1.54) is 31.2 Å². The first-order chi connectivity index (χ1) is 12.6. The molecule has 142 valence electrons. The van der Waals surface area contributed by atoms with Crippen LogP contribution in [0.5, 0.6) is 0 Å². The molecule has 1 aromatic rings. The number of carboxylic acids is 3. The van der Waals surface area contributed by atoms with Gasteiger partial charge in [-0.1, -0.05) is 24.8 Å². The van der Waals surface area contributed by atoms with Crippen molar-refractivity contribution in [2.45, 2.75) is 25.2 Å². The number of aliphatic carboxylic acids is 2. The smallest absolute Gasteiger partial charge is 0.336 e. The molecule has 8 nitrogen and oxygen atoms in total. The second-order valence-electron chi connectivity index (χ2n) is 6.21. The third-order valence-electron chi connectivity index (χ3n) is 4.48. The summed E-state index contributed by atoms with van der Waals surface area (Å²) in [6.07, 6.45) is 0.872. The van der Waals surface area contributed by atoms with Crippen LogP contribution in [0.15, 0.2) is 36.4 Å². The topological polar surface area (TPSA) is 138 Å². The van der Waals surface area contributed by atoms with E-state index in [1.54, 1.807) is 0 Å². The lowest BCUT2D eigenvalue weighted by Gasteiger charge is -2.34. The minimum atomic E-state index is -1.62. The Balaban J connectivity index is 2.56. The van der Waals surface area contributed by atoms with Gasteiger partial charge in [-0.05, 0) is 25.0 Å². The maximum absolute atomic E-state index is 12.1. The van der Waals surface area contributed by atoms with Gasteiger partial charge in [-0.3, -0.25) is 4.79 Å². The largest absolute Gasteiger partial charge is 0.481 e. The van der Waals surface area contributed by atoms with E-state index in [0.717, 1.165) is 0 Å². The van der Waals surface area contributed by atoms with Crippen molar-refractivity contribution in [1.29, 1.82) is 0 Å². The minimum Gasteiger partial charge on any atom is -0.481 e. The van der Waals surface area contributed by atoms with Gasteiger partial charge in [0.15, 0.2) is 0 Å². The maximum atomic E-state index is 12.1. The first kappa shape index (κ1) is 19.9. The number of carbonyl (C=O) groups is 4. The molecule has 0 saturated heterocycles. The average molecular weight is 374 g/mol. The van der Waals surface area contributed by atoms with Crippen molar-refractivity contribution in [1.82, 2.24) is 0 Å². The molecule has 1 aliphatic rings. The van der Waals surface area contributed by atoms with E-state index >= 15 is 0 Å². The molecule has 1 aromatic carbocycles. The fourth-order valence-corrected chi connectivity index (χ4v) is 3.09. The zero-order valence-electron chi connectivity index (χ0n) is 14.5. The third kappa shape index (κ3) is 3.59. The van der Waals surface area contributed by atoms with Crippen molar-refractivity contribution < 1.29 is 39.2 Å². The van der Waals surface area contributed by atoms with Crippen LogP contribution in [0, 0.1) is 0 Å². The lowest BCUT2D eigenvalue weighted by atomic mass is 9.67. The van der Waals surface area contributed by atoms with E-state index in [1.807, 2.05) is 0 Å². The summed E-state index contributed by atoms with van der Waals surface area (Å²) in [5.41, 5.74) is -2.10. The lowest BCUT2D eigenvalue weighted by Crippen LogP contribution is -2.40. The fourth-order valence-electron chi connectivity index (χ4n) is 3.09. The highest BCUT2D eigenvalue weighted by molar-refractivity contribution is 6.19. The summed E-state index contributed by atoms with van der Waals surface area (Å²) in [6.45, 7) is 4.64. The van der Waals surface area contributed by atoms with Gasteiger partial charge in [-0.2, -0.15) is 0 Å². The van der Waals surface area contributed by atoms with Crippen LogP contribution in [0.1, 0.15) is 41.3 Å². The monoisotopic (exact) mass is 374 g/mol. The first-order valence-electron chi connectivity index (χ1n) is 7.98. The number of hydrogen-bond acceptors (Lipinski definition) is 5. The molecule has 2 rings (SSSR count). The quantitative estimate of drug-likeness (QED) is 0.487. The molecule has 0 radical (unpaired) electrons. The van der Waals surface area contributed by atoms with Crippen molar-refractivity contribution in [3.63, 3.8) is 0 Å². The zero-order chi connectivity index (χ0) is 20.4. The van der Waals surface area contributed by atoms with Crippen molar-refractivity contribution >= 4 is 29.5 Å². The molecular formula is C19H18O8. The van der Waals surface area contributed by atoms with Gasteiger partial charge in [0.2, 0.25) is 0 Å². The number of carboxylic acid groups (broad SMARTS) is 3. The maximum Gasteiger partial charge on any atom is 0.336 e. The van der Waals surface area contributed by atoms with Crippen LogP contribution < -0.4 is 0 Å². The van der Waals surface area contributed by atoms with Crippen LogP contribution in [0.3, 0.4) is 0 Å². The molecule has 1 atom stereocenters. The van der Waals surface area contributed by atoms with Crippen molar-refractivity contribution in [2.24, 2.45) is 0 Å². The number of hydrogen-bond donors (Lipinski definition) is 3. The van der Waals surface area contributed by atoms with Crippen LogP contribution in [0.4, 0.5) is 0 Å². The van der Waals surface area contributed by atoms with Crippen LogP contribution >= 0.6 is 0 Å². The number of fused-ring (bicyclic) bond motifs is 1. The zero-order valence-corrected chi connectivity index (χ0v) is 14.5. The summed E-state index contributed by atoms with van der Waals surface area (Å²) < 4.78 is 4.99. The van der Waals surface area contributed by atoms with Gasteiger partial charge in [-0.25, -0.2) is 14.4 Å². The number of rotatable bonds is 7. The van der Waals surface area contributed by atoms with Crippen LogP contribution in [0.2, 0.25) is 0 Å². The lowest BCUT2D eigenvalue weighted by molar-refractivity contribution is -0.147. The second kappa shape index (κ2) is 7.45. The molecule has 0 spiro atoms. The van der Waals surface area contributed by atoms with Gasteiger partial charge in [0.1, 0.15) is 5.41 Å². The van der Waals surface area contributed by atoms with Crippen LogP contribution in [0.25, 0.3) is 5.57 Å². The van der Waals surface area contributed by atoms with Gasteiger partial charge in [0, 0.05) is 17.6 Å². The van der Waals surface area contributed by atoms with E-state index in [9.17, 15) is 34.5 Å². The van der Waals surface area contributed by atoms with Gasteiger partial charge in [0.05, 0.1) is 17.7 Å². The van der Waals surface area contributed by atoms with E-state index in [4.69, 9.17) is 4.74 Å². The fraction of sp³-hybridized carbons (Fsp3) is 0.263. The number of benzene rings is 1. The Morgan fingerprint density at radius 1 is 1.15 bits per heavy atom. The molecule has 1 unspecified atom stereocenters. The normalized spacial score (nSPS) is 18.0. The highest BCUT2D eigenvalue weighted by Gasteiger charge is 2.45. The van der Waals surface area contributed by atoms with Gasteiger partial charge < -0.3 is 20.1 Å². The van der Waals surface area contributed by atoms with E-state index in [2.05, 4.69) is 6.58 Å².